The molecular weight excluding hydrogens is 707 g/mol. The van der Waals surface area contributed by atoms with Crippen LogP contribution in [0.2, 0.25) is 0 Å². The number of hydrogen-bond acceptors (Lipinski definition) is 3. The van der Waals surface area contributed by atoms with Gasteiger partial charge >= 0.3 is 0 Å². The second kappa shape index (κ2) is 13.5. The number of hydrogen-bond donors (Lipinski definition) is 0. The molecule has 0 saturated carbocycles. The summed E-state index contributed by atoms with van der Waals surface area (Å²) in [4.78, 5) is 15.3. The van der Waals surface area contributed by atoms with Crippen LogP contribution in [0.4, 0.5) is 0 Å². The topological polar surface area (TPSA) is 48.5 Å². The maximum absolute atomic E-state index is 5.15. The standard InChI is InChI=1S/C53H37N5/c1-34-12-10-14-40(30-34)51-54-52(41-15-11-13-35(2)31-41)56-53(55-51)58-48-21-9-7-19-44(48)46-32-38(27-29-49(46)58)36-22-24-37(25-23-36)39-26-28-45-43-18-6-8-20-47(43)57(50(45)33-39)42-16-4-3-5-17-42/h3-33H,1-2H3. The van der Waals surface area contributed by atoms with E-state index in [1.54, 1.807) is 0 Å². The molecule has 0 bridgehead atoms. The zero-order chi connectivity index (χ0) is 38.7. The molecule has 5 nitrogen and oxygen atoms in total. The molecule has 0 fully saturated rings. The van der Waals surface area contributed by atoms with Crippen molar-refractivity contribution >= 4 is 43.6 Å². The number of para-hydroxylation sites is 3. The lowest BCUT2D eigenvalue weighted by molar-refractivity contribution is 0.953. The molecule has 58 heavy (non-hydrogen) atoms. The monoisotopic (exact) mass is 743 g/mol. The number of aromatic nitrogens is 5. The SMILES string of the molecule is Cc1cccc(-c2nc(-c3cccc(C)c3)nc(-n3c4ccccc4c4cc(-c5ccc(-c6ccc7c8ccccc8n(-c8ccccc8)c7c6)cc5)ccc43)n2)c1. The minimum atomic E-state index is 0.592. The van der Waals surface area contributed by atoms with Gasteiger partial charge in [0.1, 0.15) is 0 Å². The van der Waals surface area contributed by atoms with Crippen LogP contribution in [-0.4, -0.2) is 24.1 Å². The van der Waals surface area contributed by atoms with E-state index in [0.717, 1.165) is 60.9 Å². The average Bonchev–Trinajstić information content (AvgIpc) is 3.79. The fourth-order valence-electron chi connectivity index (χ4n) is 8.52. The first-order chi connectivity index (χ1) is 28.6. The van der Waals surface area contributed by atoms with Gasteiger partial charge in [-0.05, 0) is 90.7 Å². The fourth-order valence-corrected chi connectivity index (χ4v) is 8.52. The molecule has 0 spiro atoms. The van der Waals surface area contributed by atoms with Crippen molar-refractivity contribution in [1.82, 2.24) is 24.1 Å². The molecule has 3 heterocycles. The molecule has 0 radical (unpaired) electrons. The van der Waals surface area contributed by atoms with Gasteiger partial charge in [0, 0.05) is 38.4 Å². The van der Waals surface area contributed by atoms with Gasteiger partial charge in [-0.25, -0.2) is 4.98 Å². The zero-order valence-electron chi connectivity index (χ0n) is 32.1. The van der Waals surface area contributed by atoms with Crippen molar-refractivity contribution in [2.24, 2.45) is 0 Å². The highest BCUT2D eigenvalue weighted by atomic mass is 15.2. The smallest absolute Gasteiger partial charge is 0.238 e. The summed E-state index contributed by atoms with van der Waals surface area (Å²) in [5.41, 5.74) is 14.6. The lowest BCUT2D eigenvalue weighted by Crippen LogP contribution is -2.06. The molecule has 8 aromatic carbocycles. The van der Waals surface area contributed by atoms with Crippen LogP contribution in [0, 0.1) is 13.8 Å². The molecule has 5 heteroatoms. The number of nitrogens with zero attached hydrogens (tertiary/aromatic N) is 5. The number of rotatable bonds is 6. The molecule has 0 N–H and O–H groups in total. The van der Waals surface area contributed by atoms with Crippen LogP contribution in [0.5, 0.6) is 0 Å². The van der Waals surface area contributed by atoms with Crippen molar-refractivity contribution in [3.8, 4) is 56.7 Å². The number of fused-ring (bicyclic) bond motifs is 6. The van der Waals surface area contributed by atoms with Gasteiger partial charge in [-0.1, -0.05) is 145 Å². The van der Waals surface area contributed by atoms with E-state index in [2.05, 4.69) is 211 Å². The van der Waals surface area contributed by atoms with E-state index in [9.17, 15) is 0 Å². The lowest BCUT2D eigenvalue weighted by atomic mass is 9.98. The fraction of sp³-hybridized carbons (Fsp3) is 0.0377. The summed E-state index contributed by atoms with van der Waals surface area (Å²) >= 11 is 0. The summed E-state index contributed by atoms with van der Waals surface area (Å²) in [7, 11) is 0. The van der Waals surface area contributed by atoms with Crippen molar-refractivity contribution in [2.45, 2.75) is 13.8 Å². The van der Waals surface area contributed by atoms with E-state index in [4.69, 9.17) is 15.0 Å². The highest BCUT2D eigenvalue weighted by Gasteiger charge is 2.19. The summed E-state index contributed by atoms with van der Waals surface area (Å²) < 4.78 is 4.56. The Morgan fingerprint density at radius 3 is 1.45 bits per heavy atom. The van der Waals surface area contributed by atoms with Gasteiger partial charge in [-0.2, -0.15) is 9.97 Å². The molecule has 0 unspecified atom stereocenters. The number of benzene rings is 8. The van der Waals surface area contributed by atoms with Gasteiger partial charge in [-0.15, -0.1) is 0 Å². The molecule has 3 aromatic heterocycles. The molecule has 0 saturated heterocycles. The van der Waals surface area contributed by atoms with Crippen molar-refractivity contribution < 1.29 is 0 Å². The Hall–Kier alpha value is -7.63. The zero-order valence-corrected chi connectivity index (χ0v) is 32.1. The molecule has 0 atom stereocenters. The second-order valence-electron chi connectivity index (χ2n) is 15.1. The molecular formula is C53H37N5. The average molecular weight is 744 g/mol. The van der Waals surface area contributed by atoms with Gasteiger partial charge in [0.2, 0.25) is 5.95 Å². The van der Waals surface area contributed by atoms with Crippen LogP contribution >= 0.6 is 0 Å². The van der Waals surface area contributed by atoms with E-state index in [0.29, 0.717) is 17.6 Å². The molecule has 0 aliphatic carbocycles. The first-order valence-corrected chi connectivity index (χ1v) is 19.7. The summed E-state index contributed by atoms with van der Waals surface area (Å²) in [6, 6.07) is 67.0. The third kappa shape index (κ3) is 5.67. The lowest BCUT2D eigenvalue weighted by Gasteiger charge is -2.12. The highest BCUT2D eigenvalue weighted by molar-refractivity contribution is 6.11. The normalized spacial score (nSPS) is 11.6. The predicted molar refractivity (Wildman–Crippen MR) is 240 cm³/mol. The highest BCUT2D eigenvalue weighted by Crippen LogP contribution is 2.38. The Morgan fingerprint density at radius 1 is 0.310 bits per heavy atom. The van der Waals surface area contributed by atoms with E-state index in [1.165, 1.54) is 32.9 Å². The third-order valence-electron chi connectivity index (χ3n) is 11.3. The van der Waals surface area contributed by atoms with E-state index < -0.39 is 0 Å². The van der Waals surface area contributed by atoms with Gasteiger partial charge in [0.15, 0.2) is 11.6 Å². The summed E-state index contributed by atoms with van der Waals surface area (Å²) in [6.45, 7) is 4.19. The Morgan fingerprint density at radius 2 is 0.810 bits per heavy atom. The summed E-state index contributed by atoms with van der Waals surface area (Å²) in [6.07, 6.45) is 0. The van der Waals surface area contributed by atoms with Gasteiger partial charge < -0.3 is 4.57 Å². The van der Waals surface area contributed by atoms with E-state index >= 15 is 0 Å². The molecule has 274 valence electrons. The van der Waals surface area contributed by atoms with Crippen molar-refractivity contribution in [1.29, 1.82) is 0 Å². The minimum absolute atomic E-state index is 0.592. The summed E-state index contributed by atoms with van der Waals surface area (Å²) in [5, 5.41) is 4.80. The van der Waals surface area contributed by atoms with Crippen LogP contribution in [-0.2, 0) is 0 Å². The number of aryl methyl sites for hydroxylation is 2. The van der Waals surface area contributed by atoms with Crippen LogP contribution in [0.3, 0.4) is 0 Å². The van der Waals surface area contributed by atoms with Gasteiger partial charge in [-0.3, -0.25) is 4.57 Å². The molecule has 0 aliphatic heterocycles. The Bertz CT molecular complexity index is 3290. The van der Waals surface area contributed by atoms with Crippen LogP contribution in [0.15, 0.2) is 188 Å². The van der Waals surface area contributed by atoms with Crippen molar-refractivity contribution in [2.75, 3.05) is 0 Å². The second-order valence-corrected chi connectivity index (χ2v) is 15.1. The van der Waals surface area contributed by atoms with Crippen LogP contribution in [0.1, 0.15) is 11.1 Å². The van der Waals surface area contributed by atoms with Gasteiger partial charge in [0.25, 0.3) is 0 Å². The third-order valence-corrected chi connectivity index (χ3v) is 11.3. The predicted octanol–water partition coefficient (Wildman–Crippen LogP) is 13.4. The van der Waals surface area contributed by atoms with Crippen molar-refractivity contribution in [3.63, 3.8) is 0 Å². The molecule has 0 amide bonds. The first kappa shape index (κ1) is 33.7. The maximum atomic E-state index is 5.15. The van der Waals surface area contributed by atoms with Crippen LogP contribution in [0.25, 0.3) is 100 Å². The van der Waals surface area contributed by atoms with Gasteiger partial charge in [0.05, 0.1) is 22.1 Å². The maximum Gasteiger partial charge on any atom is 0.238 e. The Balaban J connectivity index is 1.01. The van der Waals surface area contributed by atoms with E-state index in [1.807, 2.05) is 0 Å². The molecule has 0 aliphatic rings. The largest absolute Gasteiger partial charge is 0.309 e. The quantitative estimate of drug-likeness (QED) is 0.170. The summed E-state index contributed by atoms with van der Waals surface area (Å²) in [5.74, 6) is 1.89. The molecule has 11 rings (SSSR count). The van der Waals surface area contributed by atoms with Crippen LogP contribution < -0.4 is 0 Å². The minimum Gasteiger partial charge on any atom is -0.309 e. The van der Waals surface area contributed by atoms with Crippen molar-refractivity contribution in [3.05, 3.63) is 199 Å². The Labute approximate surface area is 336 Å². The van der Waals surface area contributed by atoms with E-state index in [-0.39, 0.29) is 0 Å². The molecule has 11 aromatic rings. The Kier molecular flexibility index (Phi) is 7.86. The first-order valence-electron chi connectivity index (χ1n) is 19.7.